The maximum Gasteiger partial charge on any atom is 0.412 e. The van der Waals surface area contributed by atoms with Crippen LogP contribution in [0.1, 0.15) is 56.6 Å². The van der Waals surface area contributed by atoms with Crippen LogP contribution in [0.15, 0.2) is 70.9 Å². The monoisotopic (exact) mass is 675 g/mol. The predicted octanol–water partition coefficient (Wildman–Crippen LogP) is 8.50. The highest BCUT2D eigenvalue weighted by Crippen LogP contribution is 2.35. The van der Waals surface area contributed by atoms with Crippen molar-refractivity contribution >= 4 is 72.6 Å². The van der Waals surface area contributed by atoms with E-state index in [0.717, 1.165) is 9.48 Å². The van der Waals surface area contributed by atoms with Crippen molar-refractivity contribution in [2.24, 2.45) is 0 Å². The van der Waals surface area contributed by atoms with Crippen molar-refractivity contribution in [2.75, 3.05) is 16.0 Å². The zero-order valence-corrected chi connectivity index (χ0v) is 27.0. The number of aromatic nitrogens is 4. The molecule has 13 heteroatoms. The average Bonchev–Trinajstić information content (AvgIpc) is 3.37. The van der Waals surface area contributed by atoms with Crippen molar-refractivity contribution in [2.45, 2.75) is 46.1 Å². The van der Waals surface area contributed by atoms with Gasteiger partial charge in [-0.15, -0.1) is 0 Å². The van der Waals surface area contributed by atoms with Crippen molar-refractivity contribution in [3.8, 4) is 11.5 Å². The molecule has 5 rings (SSSR count). The number of nitrogens with one attached hydrogen (secondary N) is 3. The Kier molecular flexibility index (Phi) is 9.06. The van der Waals surface area contributed by atoms with Gasteiger partial charge < -0.3 is 14.8 Å². The molecule has 11 nitrogen and oxygen atoms in total. The van der Waals surface area contributed by atoms with Gasteiger partial charge in [-0.25, -0.2) is 24.7 Å². The van der Waals surface area contributed by atoms with Gasteiger partial charge in [0.1, 0.15) is 23.5 Å². The Morgan fingerprint density at radius 1 is 0.955 bits per heavy atom. The highest BCUT2D eigenvalue weighted by Gasteiger charge is 2.18. The number of benzene rings is 2. The van der Waals surface area contributed by atoms with E-state index in [0.29, 0.717) is 50.4 Å². The number of thiazole rings is 1. The Labute approximate surface area is 266 Å². The van der Waals surface area contributed by atoms with Gasteiger partial charge in [-0.3, -0.25) is 15.4 Å². The first kappa shape index (κ1) is 30.8. The number of nitrogens with zero attached hydrogens (tertiary/aromatic N) is 4. The van der Waals surface area contributed by atoms with Gasteiger partial charge in [0.15, 0.2) is 16.5 Å². The number of ether oxygens (including phenoxy) is 2. The highest BCUT2D eigenvalue weighted by atomic mass is 79.9. The van der Waals surface area contributed by atoms with Crippen LogP contribution in [0.5, 0.6) is 11.5 Å². The van der Waals surface area contributed by atoms with Crippen LogP contribution in [-0.4, -0.2) is 37.5 Å². The summed E-state index contributed by atoms with van der Waals surface area (Å²) in [6, 6.07) is 15.7. The number of carbonyl (C=O) groups is 2. The fraction of sp³-hybridized carbons (Fsp3) is 0.226. The quantitative estimate of drug-likeness (QED) is 0.148. The smallest absolute Gasteiger partial charge is 0.412 e. The molecule has 3 N–H and O–H groups in total. The zero-order chi connectivity index (χ0) is 31.4. The van der Waals surface area contributed by atoms with Crippen LogP contribution < -0.4 is 20.7 Å². The number of halogens is 1. The van der Waals surface area contributed by atoms with Crippen molar-refractivity contribution < 1.29 is 19.1 Å². The van der Waals surface area contributed by atoms with E-state index in [2.05, 4.69) is 65.7 Å². The molecule has 0 aliphatic carbocycles. The van der Waals surface area contributed by atoms with Crippen LogP contribution in [0.3, 0.4) is 0 Å². The van der Waals surface area contributed by atoms with Gasteiger partial charge in [0.25, 0.3) is 5.91 Å². The fourth-order valence-corrected chi connectivity index (χ4v) is 5.10. The van der Waals surface area contributed by atoms with Crippen LogP contribution in [0.4, 0.5) is 27.1 Å². The Morgan fingerprint density at radius 3 is 2.41 bits per heavy atom. The minimum absolute atomic E-state index is 0.241. The zero-order valence-electron chi connectivity index (χ0n) is 24.6. The van der Waals surface area contributed by atoms with Gasteiger partial charge in [0.2, 0.25) is 0 Å². The second kappa shape index (κ2) is 12.9. The summed E-state index contributed by atoms with van der Waals surface area (Å²) in [7, 11) is 0. The van der Waals surface area contributed by atoms with Crippen molar-refractivity contribution in [3.05, 3.63) is 82.2 Å². The van der Waals surface area contributed by atoms with E-state index in [1.807, 2.05) is 12.1 Å². The topological polar surface area (TPSA) is 140 Å². The van der Waals surface area contributed by atoms with Gasteiger partial charge in [-0.05, 0) is 97.2 Å². The molecule has 44 heavy (non-hydrogen) atoms. The molecule has 0 atom stereocenters. The first-order chi connectivity index (χ1) is 20.9. The summed E-state index contributed by atoms with van der Waals surface area (Å²) in [6.07, 6.45) is 2.51. The maximum absolute atomic E-state index is 13.1. The van der Waals surface area contributed by atoms with E-state index in [4.69, 9.17) is 9.47 Å². The van der Waals surface area contributed by atoms with Crippen LogP contribution in [0, 0.1) is 0 Å². The lowest BCUT2D eigenvalue weighted by atomic mass is 10.1. The number of pyridine rings is 1. The third kappa shape index (κ3) is 7.85. The standard InChI is InChI=1S/C31H30BrN7O4S/c1-17(2)22-12-11-21-26(37-22)34-16-35-27(21)38-23-14-18(28(40)39-29-33-15-25(32)44-29)6-13-24(23)42-20-9-7-19(8-10-20)36-30(41)43-31(3,4)5/h6-17H,1-5H3,(H,36,41)(H,33,39,40)(H,34,35,37,38). The van der Waals surface area contributed by atoms with Crippen LogP contribution in [0.2, 0.25) is 0 Å². The molecule has 0 radical (unpaired) electrons. The lowest BCUT2D eigenvalue weighted by Gasteiger charge is -2.19. The lowest BCUT2D eigenvalue weighted by molar-refractivity contribution is 0.0635. The minimum Gasteiger partial charge on any atom is -0.455 e. The summed E-state index contributed by atoms with van der Waals surface area (Å²) in [5.74, 6) is 1.34. The van der Waals surface area contributed by atoms with Gasteiger partial charge >= 0.3 is 6.09 Å². The van der Waals surface area contributed by atoms with Crippen LogP contribution >= 0.6 is 27.3 Å². The summed E-state index contributed by atoms with van der Waals surface area (Å²) < 4.78 is 12.3. The predicted molar refractivity (Wildman–Crippen MR) is 175 cm³/mol. The molecule has 2 amide bonds. The second-order valence-corrected chi connectivity index (χ2v) is 13.4. The van der Waals surface area contributed by atoms with E-state index in [1.54, 1.807) is 69.4 Å². The molecule has 5 aromatic rings. The van der Waals surface area contributed by atoms with Crippen molar-refractivity contribution in [1.29, 1.82) is 0 Å². The number of fused-ring (bicyclic) bond motifs is 1. The molecule has 0 saturated heterocycles. The first-order valence-corrected chi connectivity index (χ1v) is 15.3. The van der Waals surface area contributed by atoms with E-state index in [9.17, 15) is 9.59 Å². The average molecular weight is 677 g/mol. The lowest BCUT2D eigenvalue weighted by Crippen LogP contribution is -2.27. The van der Waals surface area contributed by atoms with Crippen molar-refractivity contribution in [1.82, 2.24) is 19.9 Å². The molecule has 226 valence electrons. The molecule has 0 saturated carbocycles. The Hall–Kier alpha value is -4.62. The third-order valence-corrected chi connectivity index (χ3v) is 7.42. The largest absolute Gasteiger partial charge is 0.455 e. The Morgan fingerprint density at radius 2 is 1.73 bits per heavy atom. The number of carbonyl (C=O) groups excluding carboxylic acids is 2. The van der Waals surface area contributed by atoms with E-state index in [1.165, 1.54) is 17.7 Å². The molecule has 0 aliphatic heterocycles. The second-order valence-electron chi connectivity index (χ2n) is 11.0. The van der Waals surface area contributed by atoms with Crippen molar-refractivity contribution in [3.63, 3.8) is 0 Å². The fourth-order valence-electron chi connectivity index (χ4n) is 4.00. The molecule has 0 spiro atoms. The number of hydrogen-bond donors (Lipinski definition) is 3. The number of anilines is 4. The number of rotatable bonds is 8. The molecule has 3 heterocycles. The van der Waals surface area contributed by atoms with E-state index < -0.39 is 11.7 Å². The van der Waals surface area contributed by atoms with Crippen LogP contribution in [0.25, 0.3) is 11.0 Å². The van der Waals surface area contributed by atoms with Gasteiger partial charge in [0.05, 0.1) is 21.1 Å². The Balaban J connectivity index is 1.44. The first-order valence-electron chi connectivity index (χ1n) is 13.7. The summed E-state index contributed by atoms with van der Waals surface area (Å²) >= 11 is 4.67. The Bertz CT molecular complexity index is 1820. The number of amides is 2. The summed E-state index contributed by atoms with van der Waals surface area (Å²) in [5.41, 5.74) is 2.27. The molecule has 2 aromatic carbocycles. The SMILES string of the molecule is CC(C)c1ccc2c(Nc3cc(C(=O)Nc4ncc(Br)s4)ccc3Oc3ccc(NC(=O)OC(C)(C)C)cc3)ncnc2n1. The summed E-state index contributed by atoms with van der Waals surface area (Å²) in [4.78, 5) is 42.9. The molecule has 3 aromatic heterocycles. The highest BCUT2D eigenvalue weighted by molar-refractivity contribution is 9.11. The maximum atomic E-state index is 13.1. The van der Waals surface area contributed by atoms with Gasteiger partial charge in [0, 0.05) is 16.9 Å². The number of hydrogen-bond acceptors (Lipinski definition) is 10. The third-order valence-electron chi connectivity index (χ3n) is 6.03. The van der Waals surface area contributed by atoms with Gasteiger partial charge in [-0.1, -0.05) is 25.2 Å². The summed E-state index contributed by atoms with van der Waals surface area (Å²) in [5, 5.41) is 10.0. The minimum atomic E-state index is -0.613. The summed E-state index contributed by atoms with van der Waals surface area (Å²) in [6.45, 7) is 9.53. The molecular weight excluding hydrogens is 646 g/mol. The van der Waals surface area contributed by atoms with Gasteiger partial charge in [-0.2, -0.15) is 0 Å². The molecule has 0 unspecified atom stereocenters. The molecule has 0 aliphatic rings. The van der Waals surface area contributed by atoms with E-state index >= 15 is 0 Å². The normalized spacial score (nSPS) is 11.3. The van der Waals surface area contributed by atoms with Crippen LogP contribution in [-0.2, 0) is 4.74 Å². The van der Waals surface area contributed by atoms with E-state index in [-0.39, 0.29) is 11.8 Å². The molecule has 0 fully saturated rings. The molecule has 0 bridgehead atoms. The molecular formula is C31H30BrN7O4S.